The number of nitrogens with one attached hydrogen (secondary N) is 2. The van der Waals surface area contributed by atoms with Crippen LogP contribution in [-0.2, 0) is 0 Å². The lowest BCUT2D eigenvalue weighted by Crippen LogP contribution is -2.56. The predicted molar refractivity (Wildman–Crippen MR) is 82.1 cm³/mol. The number of amidine groups is 2. The molecule has 0 saturated heterocycles. The lowest BCUT2D eigenvalue weighted by Gasteiger charge is -2.45. The third-order valence-electron chi connectivity index (χ3n) is 3.53. The van der Waals surface area contributed by atoms with Crippen LogP contribution in [-0.4, -0.2) is 33.7 Å². The number of aromatic nitrogens is 2. The van der Waals surface area contributed by atoms with Crippen LogP contribution in [0.5, 0.6) is 0 Å². The van der Waals surface area contributed by atoms with Crippen LogP contribution in [0, 0.1) is 17.7 Å². The number of anilines is 2. The Morgan fingerprint density at radius 3 is 2.60 bits per heavy atom. The number of aryl methyl sites for hydroxylation is 1. The SMILES string of the molecule is CC[C@@H]1C(=N)N(C(C)=N)c2cnc(C)nc2N1C(C)C. The van der Waals surface area contributed by atoms with Gasteiger partial charge in [-0.2, -0.15) is 0 Å². The van der Waals surface area contributed by atoms with Crippen LogP contribution in [0.4, 0.5) is 11.5 Å². The van der Waals surface area contributed by atoms with Gasteiger partial charge in [-0.05, 0) is 34.1 Å². The molecule has 1 aliphatic rings. The molecule has 1 aromatic rings. The minimum Gasteiger partial charge on any atom is -0.342 e. The maximum absolute atomic E-state index is 8.43. The summed E-state index contributed by atoms with van der Waals surface area (Å²) < 4.78 is 0. The fourth-order valence-electron chi connectivity index (χ4n) is 2.71. The quantitative estimate of drug-likeness (QED) is 0.641. The highest BCUT2D eigenvalue weighted by atomic mass is 15.4. The Hall–Kier alpha value is -1.98. The van der Waals surface area contributed by atoms with E-state index >= 15 is 0 Å². The van der Waals surface area contributed by atoms with Crippen LogP contribution in [0.25, 0.3) is 0 Å². The molecular weight excluding hydrogens is 252 g/mol. The van der Waals surface area contributed by atoms with E-state index in [-0.39, 0.29) is 12.1 Å². The van der Waals surface area contributed by atoms with Gasteiger partial charge in [0.1, 0.15) is 23.2 Å². The van der Waals surface area contributed by atoms with E-state index in [0.717, 1.165) is 17.9 Å². The molecule has 0 amide bonds. The molecule has 1 atom stereocenters. The van der Waals surface area contributed by atoms with Crippen LogP contribution < -0.4 is 9.80 Å². The van der Waals surface area contributed by atoms with E-state index in [0.29, 0.717) is 17.5 Å². The van der Waals surface area contributed by atoms with E-state index in [2.05, 4.69) is 35.6 Å². The Labute approximate surface area is 119 Å². The van der Waals surface area contributed by atoms with Crippen molar-refractivity contribution < 1.29 is 0 Å². The zero-order valence-corrected chi connectivity index (χ0v) is 12.7. The standard InChI is InChI=1S/C14H22N6/c1-6-11-13(16)20(9(4)15)12-7-17-10(5)18-14(12)19(11)8(2)3/h7-8,11,15-16H,6H2,1-5H3/t11-/m1/s1. The van der Waals surface area contributed by atoms with Crippen LogP contribution in [0.2, 0.25) is 0 Å². The average Bonchev–Trinajstić information content (AvgIpc) is 2.36. The van der Waals surface area contributed by atoms with Gasteiger partial charge < -0.3 is 4.90 Å². The highest BCUT2D eigenvalue weighted by Gasteiger charge is 2.38. The van der Waals surface area contributed by atoms with E-state index in [1.165, 1.54) is 0 Å². The van der Waals surface area contributed by atoms with Gasteiger partial charge in [0, 0.05) is 6.04 Å². The fourth-order valence-corrected chi connectivity index (χ4v) is 2.71. The maximum Gasteiger partial charge on any atom is 0.157 e. The second-order valence-corrected chi connectivity index (χ2v) is 5.36. The van der Waals surface area contributed by atoms with Gasteiger partial charge in [0.25, 0.3) is 0 Å². The van der Waals surface area contributed by atoms with Crippen molar-refractivity contribution in [2.24, 2.45) is 0 Å². The first-order chi connectivity index (χ1) is 9.38. The average molecular weight is 274 g/mol. The van der Waals surface area contributed by atoms with Crippen LogP contribution in [0.1, 0.15) is 39.9 Å². The van der Waals surface area contributed by atoms with Crippen molar-refractivity contribution in [3.05, 3.63) is 12.0 Å². The normalized spacial score (nSPS) is 18.5. The number of hydrogen-bond acceptors (Lipinski definition) is 5. The number of hydrogen-bond donors (Lipinski definition) is 2. The minimum absolute atomic E-state index is 0.0582. The molecule has 2 N–H and O–H groups in total. The van der Waals surface area contributed by atoms with Gasteiger partial charge >= 0.3 is 0 Å². The van der Waals surface area contributed by atoms with Crippen LogP contribution in [0.3, 0.4) is 0 Å². The molecule has 0 aliphatic carbocycles. The molecule has 2 rings (SSSR count). The number of fused-ring (bicyclic) bond motifs is 1. The first-order valence-corrected chi connectivity index (χ1v) is 6.94. The van der Waals surface area contributed by atoms with Gasteiger partial charge in [-0.1, -0.05) is 6.92 Å². The molecule has 6 heteroatoms. The molecule has 6 nitrogen and oxygen atoms in total. The van der Waals surface area contributed by atoms with E-state index in [9.17, 15) is 0 Å². The second-order valence-electron chi connectivity index (χ2n) is 5.36. The zero-order chi connectivity index (χ0) is 15.0. The summed E-state index contributed by atoms with van der Waals surface area (Å²) in [4.78, 5) is 12.6. The molecule has 20 heavy (non-hydrogen) atoms. The van der Waals surface area contributed by atoms with E-state index in [1.54, 1.807) is 18.0 Å². The Morgan fingerprint density at radius 2 is 2.10 bits per heavy atom. The summed E-state index contributed by atoms with van der Waals surface area (Å²) in [5.74, 6) is 2.28. The first kappa shape index (κ1) is 14.4. The lowest BCUT2D eigenvalue weighted by atomic mass is 10.0. The monoisotopic (exact) mass is 274 g/mol. The Bertz CT molecular complexity index is 551. The van der Waals surface area contributed by atoms with E-state index in [1.807, 2.05) is 6.92 Å². The summed E-state index contributed by atoms with van der Waals surface area (Å²) >= 11 is 0. The predicted octanol–water partition coefficient (Wildman–Crippen LogP) is 2.57. The molecule has 1 aliphatic heterocycles. The molecule has 0 fully saturated rings. The molecule has 0 bridgehead atoms. The summed E-state index contributed by atoms with van der Waals surface area (Å²) in [7, 11) is 0. The zero-order valence-electron chi connectivity index (χ0n) is 12.7. The summed E-state index contributed by atoms with van der Waals surface area (Å²) in [6, 6.07) is 0.179. The molecule has 108 valence electrons. The van der Waals surface area contributed by atoms with Crippen LogP contribution >= 0.6 is 0 Å². The molecule has 0 spiro atoms. The van der Waals surface area contributed by atoms with Gasteiger partial charge in [0.05, 0.1) is 12.2 Å². The largest absolute Gasteiger partial charge is 0.342 e. The first-order valence-electron chi connectivity index (χ1n) is 6.94. The number of nitrogens with zero attached hydrogens (tertiary/aromatic N) is 4. The van der Waals surface area contributed by atoms with E-state index in [4.69, 9.17) is 10.8 Å². The maximum atomic E-state index is 8.43. The van der Waals surface area contributed by atoms with Gasteiger partial charge in [0.2, 0.25) is 0 Å². The van der Waals surface area contributed by atoms with Crippen molar-refractivity contribution in [3.63, 3.8) is 0 Å². The highest BCUT2D eigenvalue weighted by molar-refractivity contribution is 6.21. The molecule has 0 radical (unpaired) electrons. The molecule has 0 unspecified atom stereocenters. The van der Waals surface area contributed by atoms with Gasteiger partial charge in [-0.3, -0.25) is 15.7 Å². The van der Waals surface area contributed by atoms with Gasteiger partial charge in [-0.15, -0.1) is 0 Å². The summed E-state index contributed by atoms with van der Waals surface area (Å²) in [6.07, 6.45) is 2.52. The Morgan fingerprint density at radius 1 is 1.45 bits per heavy atom. The number of rotatable bonds is 2. The molecule has 2 heterocycles. The van der Waals surface area contributed by atoms with Crippen molar-refractivity contribution in [2.45, 2.75) is 53.1 Å². The van der Waals surface area contributed by atoms with E-state index < -0.39 is 0 Å². The third-order valence-corrected chi connectivity index (χ3v) is 3.53. The van der Waals surface area contributed by atoms with Crippen molar-refractivity contribution in [1.29, 1.82) is 10.8 Å². The molecule has 1 aromatic heterocycles. The van der Waals surface area contributed by atoms with Gasteiger partial charge in [0.15, 0.2) is 5.82 Å². The van der Waals surface area contributed by atoms with Crippen molar-refractivity contribution in [1.82, 2.24) is 9.97 Å². The highest BCUT2D eigenvalue weighted by Crippen LogP contribution is 2.36. The van der Waals surface area contributed by atoms with Crippen molar-refractivity contribution in [2.75, 3.05) is 9.80 Å². The third kappa shape index (κ3) is 2.15. The second kappa shape index (κ2) is 5.19. The molecular formula is C14H22N6. The smallest absolute Gasteiger partial charge is 0.157 e. The lowest BCUT2D eigenvalue weighted by molar-refractivity contribution is 0.596. The van der Waals surface area contributed by atoms with Crippen LogP contribution in [0.15, 0.2) is 6.20 Å². The summed E-state index contributed by atoms with van der Waals surface area (Å²) in [6.45, 7) is 9.82. The summed E-state index contributed by atoms with van der Waals surface area (Å²) in [5.41, 5.74) is 0.728. The molecule has 0 saturated carbocycles. The van der Waals surface area contributed by atoms with Crippen molar-refractivity contribution >= 4 is 23.2 Å². The minimum atomic E-state index is -0.0582. The Balaban J connectivity index is 2.68. The molecule has 0 aromatic carbocycles. The van der Waals surface area contributed by atoms with Gasteiger partial charge in [-0.25, -0.2) is 9.97 Å². The summed E-state index contributed by atoms with van der Waals surface area (Å²) in [5, 5.41) is 16.4. The van der Waals surface area contributed by atoms with Crippen molar-refractivity contribution in [3.8, 4) is 0 Å². The Kier molecular flexibility index (Phi) is 3.74. The fraction of sp³-hybridized carbons (Fsp3) is 0.571. The topological polar surface area (TPSA) is 80.0 Å².